The van der Waals surface area contributed by atoms with Crippen LogP contribution in [0.1, 0.15) is 5.76 Å². The van der Waals surface area contributed by atoms with Crippen molar-refractivity contribution in [3.63, 3.8) is 0 Å². The molecule has 16 heavy (non-hydrogen) atoms. The van der Waals surface area contributed by atoms with Crippen molar-refractivity contribution in [1.82, 2.24) is 0 Å². The van der Waals surface area contributed by atoms with Gasteiger partial charge in [-0.25, -0.2) is 4.79 Å². The lowest BCUT2D eigenvalue weighted by atomic mass is 10.4. The Hall–Kier alpha value is -1.69. The van der Waals surface area contributed by atoms with Crippen LogP contribution >= 0.6 is 11.8 Å². The monoisotopic (exact) mass is 242 g/mol. The van der Waals surface area contributed by atoms with E-state index < -0.39 is 17.1 Å². The van der Waals surface area contributed by atoms with Gasteiger partial charge in [-0.1, -0.05) is 0 Å². The number of rotatable bonds is 4. The van der Waals surface area contributed by atoms with Gasteiger partial charge in [-0.05, 0) is 11.7 Å². The van der Waals surface area contributed by atoms with E-state index in [2.05, 4.69) is 0 Å². The summed E-state index contributed by atoms with van der Waals surface area (Å²) in [4.78, 5) is 22.0. The van der Waals surface area contributed by atoms with Crippen molar-refractivity contribution < 1.29 is 19.1 Å². The van der Waals surface area contributed by atoms with Crippen LogP contribution in [0.25, 0.3) is 0 Å². The molecule has 0 amide bonds. The fourth-order valence-electron chi connectivity index (χ4n) is 0.833. The van der Waals surface area contributed by atoms with Crippen LogP contribution in [-0.4, -0.2) is 17.3 Å². The van der Waals surface area contributed by atoms with Crippen molar-refractivity contribution in [3.8, 4) is 5.75 Å². The van der Waals surface area contributed by atoms with Crippen molar-refractivity contribution in [1.29, 1.82) is 0 Å². The Labute approximate surface area is 95.7 Å². The molecule has 0 saturated heterocycles. The molecular formula is C10H10O5S. The highest BCUT2D eigenvalue weighted by Crippen LogP contribution is 2.05. The van der Waals surface area contributed by atoms with Crippen LogP contribution in [0.4, 0.5) is 0 Å². The van der Waals surface area contributed by atoms with Crippen LogP contribution in [0, 0.1) is 0 Å². The molecule has 0 bridgehead atoms. The van der Waals surface area contributed by atoms with E-state index in [4.69, 9.17) is 14.3 Å². The molecule has 1 aromatic rings. The van der Waals surface area contributed by atoms with E-state index in [0.717, 1.165) is 12.3 Å². The molecule has 0 atom stereocenters. The first-order valence-electron chi connectivity index (χ1n) is 4.30. The van der Waals surface area contributed by atoms with E-state index in [0.29, 0.717) is 0 Å². The Bertz CT molecular complexity index is 449. The zero-order chi connectivity index (χ0) is 12.0. The maximum atomic E-state index is 11.0. The molecule has 0 aromatic carbocycles. The third-order valence-electron chi connectivity index (χ3n) is 1.56. The topological polar surface area (TPSA) is 76.7 Å². The zero-order valence-corrected chi connectivity index (χ0v) is 9.32. The van der Waals surface area contributed by atoms with Gasteiger partial charge in [0.15, 0.2) is 5.75 Å². The SMILES string of the molecule is CS/C=C/C(=O)OCc1cc(=O)c(O)co1. The van der Waals surface area contributed by atoms with Gasteiger partial charge >= 0.3 is 5.97 Å². The summed E-state index contributed by atoms with van der Waals surface area (Å²) in [6, 6.07) is 1.07. The van der Waals surface area contributed by atoms with Crippen molar-refractivity contribution in [3.05, 3.63) is 39.8 Å². The van der Waals surface area contributed by atoms with Crippen LogP contribution in [0.3, 0.4) is 0 Å². The minimum absolute atomic E-state index is 0.146. The van der Waals surface area contributed by atoms with Crippen molar-refractivity contribution in [2.45, 2.75) is 6.61 Å². The number of aromatic hydroxyl groups is 1. The smallest absolute Gasteiger partial charge is 0.331 e. The summed E-state index contributed by atoms with van der Waals surface area (Å²) in [6.07, 6.45) is 3.98. The van der Waals surface area contributed by atoms with E-state index >= 15 is 0 Å². The molecule has 0 radical (unpaired) electrons. The van der Waals surface area contributed by atoms with Gasteiger partial charge in [0.1, 0.15) is 18.6 Å². The maximum Gasteiger partial charge on any atom is 0.331 e. The molecule has 0 spiro atoms. The molecule has 1 rings (SSSR count). The Morgan fingerprint density at radius 3 is 3.06 bits per heavy atom. The molecule has 0 unspecified atom stereocenters. The van der Waals surface area contributed by atoms with Crippen LogP contribution in [-0.2, 0) is 16.1 Å². The van der Waals surface area contributed by atoms with Crippen molar-refractivity contribution in [2.75, 3.05) is 6.26 Å². The lowest BCUT2D eigenvalue weighted by molar-refractivity contribution is -0.139. The molecule has 1 aromatic heterocycles. The number of carbonyl (C=O) groups excluding carboxylic acids is 1. The second kappa shape index (κ2) is 6.02. The molecule has 1 N–H and O–H groups in total. The van der Waals surface area contributed by atoms with Gasteiger partial charge in [0.05, 0.1) is 0 Å². The predicted octanol–water partition coefficient (Wildman–Crippen LogP) is 1.27. The molecule has 1 heterocycles. The van der Waals surface area contributed by atoms with Gasteiger partial charge in [0, 0.05) is 12.1 Å². The first-order valence-corrected chi connectivity index (χ1v) is 5.59. The minimum atomic E-state index is -0.572. The molecule has 0 saturated carbocycles. The summed E-state index contributed by atoms with van der Waals surface area (Å²) in [5.74, 6) is -0.823. The van der Waals surface area contributed by atoms with Crippen LogP contribution in [0.15, 0.2) is 33.0 Å². The predicted molar refractivity (Wildman–Crippen MR) is 59.1 cm³/mol. The number of carbonyl (C=O) groups is 1. The first-order chi connectivity index (χ1) is 7.63. The summed E-state index contributed by atoms with van der Waals surface area (Å²) in [5, 5.41) is 10.5. The minimum Gasteiger partial charge on any atom is -0.502 e. The Kier molecular flexibility index (Phi) is 4.65. The largest absolute Gasteiger partial charge is 0.502 e. The Morgan fingerprint density at radius 1 is 1.69 bits per heavy atom. The molecular weight excluding hydrogens is 232 g/mol. The van der Waals surface area contributed by atoms with Crippen LogP contribution in [0.5, 0.6) is 5.75 Å². The van der Waals surface area contributed by atoms with Gasteiger partial charge < -0.3 is 14.3 Å². The third-order valence-corrected chi connectivity index (χ3v) is 1.97. The highest BCUT2D eigenvalue weighted by Gasteiger charge is 2.04. The third kappa shape index (κ3) is 3.82. The van der Waals surface area contributed by atoms with Crippen molar-refractivity contribution >= 4 is 17.7 Å². The van der Waals surface area contributed by atoms with Gasteiger partial charge in [-0.2, -0.15) is 0 Å². The fraction of sp³-hybridized carbons (Fsp3) is 0.200. The van der Waals surface area contributed by atoms with Gasteiger partial charge in [-0.3, -0.25) is 4.79 Å². The van der Waals surface area contributed by atoms with E-state index in [1.807, 2.05) is 6.26 Å². The number of ether oxygens (including phenoxy) is 1. The van der Waals surface area contributed by atoms with Crippen LogP contribution < -0.4 is 5.43 Å². The van der Waals surface area contributed by atoms with Gasteiger partial charge in [0.25, 0.3) is 0 Å². The van der Waals surface area contributed by atoms with E-state index in [1.54, 1.807) is 5.41 Å². The average Bonchev–Trinajstić information content (AvgIpc) is 2.28. The molecule has 0 aliphatic heterocycles. The first kappa shape index (κ1) is 12.4. The number of esters is 1. The average molecular weight is 242 g/mol. The highest BCUT2D eigenvalue weighted by molar-refractivity contribution is 8.01. The standard InChI is InChI=1S/C10H10O5S/c1-16-3-2-10(13)15-5-7-4-8(11)9(12)6-14-7/h2-4,6,12H,5H2,1H3/b3-2+. The second-order valence-corrected chi connectivity index (χ2v) is 3.49. The lowest BCUT2D eigenvalue weighted by Gasteiger charge is -2.00. The lowest BCUT2D eigenvalue weighted by Crippen LogP contribution is -2.04. The number of hydrogen-bond donors (Lipinski definition) is 1. The Balaban J connectivity index is 2.55. The fourth-order valence-corrected chi connectivity index (χ4v) is 1.08. The highest BCUT2D eigenvalue weighted by atomic mass is 32.2. The quantitative estimate of drug-likeness (QED) is 0.632. The zero-order valence-electron chi connectivity index (χ0n) is 8.50. The van der Waals surface area contributed by atoms with Gasteiger partial charge in [0.2, 0.25) is 5.43 Å². The summed E-state index contributed by atoms with van der Waals surface area (Å²) >= 11 is 1.37. The molecule has 0 aliphatic carbocycles. The normalized spacial score (nSPS) is 10.6. The molecule has 6 heteroatoms. The van der Waals surface area contributed by atoms with E-state index in [-0.39, 0.29) is 12.4 Å². The van der Waals surface area contributed by atoms with Gasteiger partial charge in [-0.15, -0.1) is 11.8 Å². The number of thioether (sulfide) groups is 1. The summed E-state index contributed by atoms with van der Waals surface area (Å²) < 4.78 is 9.61. The van der Waals surface area contributed by atoms with E-state index in [9.17, 15) is 9.59 Å². The maximum absolute atomic E-state index is 11.0. The summed E-state index contributed by atoms with van der Waals surface area (Å²) in [5.41, 5.74) is -0.572. The number of hydrogen-bond acceptors (Lipinski definition) is 6. The summed E-state index contributed by atoms with van der Waals surface area (Å²) in [6.45, 7) is -0.146. The molecule has 0 fully saturated rings. The van der Waals surface area contributed by atoms with E-state index in [1.165, 1.54) is 17.8 Å². The molecule has 86 valence electrons. The second-order valence-electron chi connectivity index (χ2n) is 2.74. The van der Waals surface area contributed by atoms with Crippen LogP contribution in [0.2, 0.25) is 0 Å². The molecule has 5 nitrogen and oxygen atoms in total. The Morgan fingerprint density at radius 2 is 2.44 bits per heavy atom. The van der Waals surface area contributed by atoms with Crippen molar-refractivity contribution in [2.24, 2.45) is 0 Å². The summed E-state index contributed by atoms with van der Waals surface area (Å²) in [7, 11) is 0. The molecule has 0 aliphatic rings.